The van der Waals surface area contributed by atoms with Gasteiger partial charge >= 0.3 is 0 Å². The van der Waals surface area contributed by atoms with Crippen LogP contribution >= 0.6 is 0 Å². The Morgan fingerprint density at radius 1 is 0.731 bits per heavy atom. The lowest BCUT2D eigenvalue weighted by atomic mass is 9.63. The van der Waals surface area contributed by atoms with Gasteiger partial charge in [0.1, 0.15) is 0 Å². The zero-order valence-corrected chi connectivity index (χ0v) is 17.9. The summed E-state index contributed by atoms with van der Waals surface area (Å²) in [6, 6.07) is 2.77. The fraction of sp³-hybridized carbons (Fsp3) is 0.960. The van der Waals surface area contributed by atoms with Crippen LogP contribution in [0.15, 0.2) is 0 Å². The first-order valence-corrected chi connectivity index (χ1v) is 12.1. The van der Waals surface area contributed by atoms with Crippen LogP contribution in [0.1, 0.15) is 129 Å². The van der Waals surface area contributed by atoms with Crippen molar-refractivity contribution in [1.82, 2.24) is 0 Å². The highest BCUT2D eigenvalue weighted by Gasteiger charge is 2.38. The fourth-order valence-corrected chi connectivity index (χ4v) is 5.77. The van der Waals surface area contributed by atoms with Crippen LogP contribution in [0.3, 0.4) is 0 Å². The molecule has 2 fully saturated rings. The van der Waals surface area contributed by atoms with E-state index >= 15 is 0 Å². The van der Waals surface area contributed by atoms with Crippen molar-refractivity contribution in [2.24, 2.45) is 23.2 Å². The Hall–Kier alpha value is -0.510. The Labute approximate surface area is 164 Å². The van der Waals surface area contributed by atoms with Gasteiger partial charge < -0.3 is 0 Å². The van der Waals surface area contributed by atoms with Crippen molar-refractivity contribution < 1.29 is 0 Å². The van der Waals surface area contributed by atoms with Crippen molar-refractivity contribution in [2.45, 2.75) is 129 Å². The molecular weight excluding hydrogens is 314 g/mol. The van der Waals surface area contributed by atoms with Crippen LogP contribution < -0.4 is 0 Å². The Morgan fingerprint density at radius 2 is 1.31 bits per heavy atom. The Bertz CT molecular complexity index is 391. The van der Waals surface area contributed by atoms with Gasteiger partial charge in [-0.3, -0.25) is 0 Å². The van der Waals surface area contributed by atoms with Gasteiger partial charge in [0.05, 0.1) is 11.5 Å². The number of rotatable bonds is 11. The normalized spacial score (nSPS) is 32.3. The van der Waals surface area contributed by atoms with E-state index in [1.165, 1.54) is 116 Å². The number of nitriles is 1. The number of hydrogen-bond donors (Lipinski definition) is 0. The SMILES string of the molecule is CCCCCCCCC1(C#N)CCC(C2CCC(CCCC)CC2)CC1. The average Bonchev–Trinajstić information content (AvgIpc) is 2.70. The van der Waals surface area contributed by atoms with Crippen molar-refractivity contribution in [2.75, 3.05) is 0 Å². The molecule has 0 saturated heterocycles. The Balaban J connectivity index is 1.66. The van der Waals surface area contributed by atoms with E-state index < -0.39 is 0 Å². The lowest BCUT2D eigenvalue weighted by molar-refractivity contribution is 0.114. The van der Waals surface area contributed by atoms with E-state index in [1.54, 1.807) is 0 Å². The first-order chi connectivity index (χ1) is 12.7. The van der Waals surface area contributed by atoms with E-state index in [4.69, 9.17) is 0 Å². The van der Waals surface area contributed by atoms with E-state index in [2.05, 4.69) is 19.9 Å². The van der Waals surface area contributed by atoms with Gasteiger partial charge in [0, 0.05) is 0 Å². The highest BCUT2D eigenvalue weighted by atomic mass is 14.4. The smallest absolute Gasteiger partial charge is 0.0689 e. The predicted octanol–water partition coefficient (Wildman–Crippen LogP) is 8.43. The van der Waals surface area contributed by atoms with Crippen LogP contribution in [-0.4, -0.2) is 0 Å². The van der Waals surface area contributed by atoms with Crippen LogP contribution in [0.4, 0.5) is 0 Å². The largest absolute Gasteiger partial charge is 0.198 e. The predicted molar refractivity (Wildman–Crippen MR) is 113 cm³/mol. The summed E-state index contributed by atoms with van der Waals surface area (Å²) in [4.78, 5) is 0. The lowest BCUT2D eigenvalue weighted by Crippen LogP contribution is -2.31. The molecule has 0 aliphatic heterocycles. The van der Waals surface area contributed by atoms with E-state index in [9.17, 15) is 5.26 Å². The van der Waals surface area contributed by atoms with Crippen molar-refractivity contribution in [3.05, 3.63) is 0 Å². The van der Waals surface area contributed by atoms with Gasteiger partial charge in [-0.15, -0.1) is 0 Å². The summed E-state index contributed by atoms with van der Waals surface area (Å²) in [5, 5.41) is 9.85. The summed E-state index contributed by atoms with van der Waals surface area (Å²) in [6.07, 6.45) is 24.5. The van der Waals surface area contributed by atoms with Crippen LogP contribution in [0.5, 0.6) is 0 Å². The third-order valence-corrected chi connectivity index (χ3v) is 7.76. The molecule has 0 atom stereocenters. The molecule has 0 radical (unpaired) electrons. The van der Waals surface area contributed by atoms with E-state index in [1.807, 2.05) is 0 Å². The van der Waals surface area contributed by atoms with Crippen molar-refractivity contribution >= 4 is 0 Å². The molecule has 0 aromatic carbocycles. The van der Waals surface area contributed by atoms with Gasteiger partial charge in [-0.25, -0.2) is 0 Å². The molecule has 0 heterocycles. The van der Waals surface area contributed by atoms with Crippen LogP contribution in [-0.2, 0) is 0 Å². The fourth-order valence-electron chi connectivity index (χ4n) is 5.77. The topological polar surface area (TPSA) is 23.8 Å². The van der Waals surface area contributed by atoms with Gasteiger partial charge in [0.2, 0.25) is 0 Å². The van der Waals surface area contributed by atoms with Gasteiger partial charge in [-0.05, 0) is 62.7 Å². The number of nitrogens with zero attached hydrogens (tertiary/aromatic N) is 1. The first-order valence-electron chi connectivity index (χ1n) is 12.1. The molecule has 2 aliphatic carbocycles. The quantitative estimate of drug-likeness (QED) is 0.339. The van der Waals surface area contributed by atoms with E-state index in [-0.39, 0.29) is 5.41 Å². The van der Waals surface area contributed by atoms with E-state index in [0.29, 0.717) is 0 Å². The molecular formula is C25H45N. The molecule has 2 rings (SSSR count). The minimum absolute atomic E-state index is 0.0413. The molecule has 0 spiro atoms. The maximum Gasteiger partial charge on any atom is 0.0689 e. The van der Waals surface area contributed by atoms with Crippen LogP contribution in [0.2, 0.25) is 0 Å². The average molecular weight is 360 g/mol. The summed E-state index contributed by atoms with van der Waals surface area (Å²) in [7, 11) is 0. The van der Waals surface area contributed by atoms with Crippen molar-refractivity contribution in [3.63, 3.8) is 0 Å². The minimum atomic E-state index is 0.0413. The maximum atomic E-state index is 9.85. The molecule has 2 aliphatic rings. The lowest BCUT2D eigenvalue weighted by Gasteiger charge is -2.41. The highest BCUT2D eigenvalue weighted by Crippen LogP contribution is 2.47. The summed E-state index contributed by atoms with van der Waals surface area (Å²) < 4.78 is 0. The van der Waals surface area contributed by atoms with Crippen molar-refractivity contribution in [3.8, 4) is 6.07 Å². The molecule has 0 bridgehead atoms. The summed E-state index contributed by atoms with van der Waals surface area (Å²) in [5.41, 5.74) is 0.0413. The summed E-state index contributed by atoms with van der Waals surface area (Å²) in [6.45, 7) is 4.60. The zero-order valence-electron chi connectivity index (χ0n) is 17.9. The molecule has 0 amide bonds. The Kier molecular flexibility index (Phi) is 10.1. The maximum absolute atomic E-state index is 9.85. The second-order valence-corrected chi connectivity index (χ2v) is 9.67. The Morgan fingerprint density at radius 3 is 1.92 bits per heavy atom. The van der Waals surface area contributed by atoms with Gasteiger partial charge in [0.25, 0.3) is 0 Å². The molecule has 150 valence electrons. The minimum Gasteiger partial charge on any atom is -0.198 e. The van der Waals surface area contributed by atoms with Gasteiger partial charge in [0.15, 0.2) is 0 Å². The summed E-state index contributed by atoms with van der Waals surface area (Å²) in [5.74, 6) is 2.95. The second-order valence-electron chi connectivity index (χ2n) is 9.67. The standard InChI is InChI=1S/C25H45N/c1-3-5-7-8-9-10-18-25(21-26)19-16-24(17-20-25)23-14-12-22(13-15-23)11-6-4-2/h22-24H,3-20H2,1-2H3. The highest BCUT2D eigenvalue weighted by molar-refractivity contribution is 5.02. The second kappa shape index (κ2) is 12.0. The third kappa shape index (κ3) is 6.90. The molecule has 1 heteroatoms. The molecule has 0 aromatic heterocycles. The van der Waals surface area contributed by atoms with Crippen LogP contribution in [0.25, 0.3) is 0 Å². The number of unbranched alkanes of at least 4 members (excludes halogenated alkanes) is 6. The van der Waals surface area contributed by atoms with Gasteiger partial charge in [-0.2, -0.15) is 5.26 Å². The molecule has 2 saturated carbocycles. The zero-order chi connectivity index (χ0) is 18.7. The number of hydrogen-bond acceptors (Lipinski definition) is 1. The first kappa shape index (κ1) is 21.8. The van der Waals surface area contributed by atoms with Gasteiger partial charge in [-0.1, -0.05) is 84.5 Å². The molecule has 0 unspecified atom stereocenters. The third-order valence-electron chi connectivity index (χ3n) is 7.76. The molecule has 0 aromatic rings. The van der Waals surface area contributed by atoms with Crippen LogP contribution in [0, 0.1) is 34.5 Å². The van der Waals surface area contributed by atoms with Crippen molar-refractivity contribution in [1.29, 1.82) is 5.26 Å². The molecule has 0 N–H and O–H groups in total. The molecule has 1 nitrogen and oxygen atoms in total. The monoisotopic (exact) mass is 359 g/mol. The van der Waals surface area contributed by atoms with E-state index in [0.717, 1.165) is 17.8 Å². The molecule has 26 heavy (non-hydrogen) atoms. The summed E-state index contributed by atoms with van der Waals surface area (Å²) >= 11 is 0.